The van der Waals surface area contributed by atoms with Gasteiger partial charge in [0.1, 0.15) is 5.56 Å². The SMILES string of the molecule is O=CNc1cccc([N+](=O)[O-])c1C=O. The summed E-state index contributed by atoms with van der Waals surface area (Å²) in [4.78, 5) is 30.5. The minimum Gasteiger partial charge on any atom is -0.328 e. The number of carbonyl (C=O) groups excluding carboxylic acids is 2. The molecule has 1 aromatic rings. The van der Waals surface area contributed by atoms with Crippen LogP contribution in [0.15, 0.2) is 18.2 Å². The van der Waals surface area contributed by atoms with E-state index in [0.29, 0.717) is 12.7 Å². The van der Waals surface area contributed by atoms with Gasteiger partial charge in [-0.3, -0.25) is 19.7 Å². The Morgan fingerprint density at radius 1 is 1.36 bits per heavy atom. The van der Waals surface area contributed by atoms with Crippen molar-refractivity contribution in [3.05, 3.63) is 33.9 Å². The molecule has 0 fully saturated rings. The zero-order valence-electron chi connectivity index (χ0n) is 6.97. The van der Waals surface area contributed by atoms with Gasteiger partial charge in [-0.2, -0.15) is 0 Å². The Labute approximate surface area is 78.7 Å². The van der Waals surface area contributed by atoms with E-state index in [0.717, 1.165) is 0 Å². The topological polar surface area (TPSA) is 89.3 Å². The second-order valence-electron chi connectivity index (χ2n) is 2.38. The van der Waals surface area contributed by atoms with Crippen LogP contribution in [0.2, 0.25) is 0 Å². The number of benzene rings is 1. The maximum atomic E-state index is 10.6. The van der Waals surface area contributed by atoms with E-state index in [9.17, 15) is 19.7 Å². The molecule has 0 radical (unpaired) electrons. The Kier molecular flexibility index (Phi) is 2.90. The maximum absolute atomic E-state index is 10.6. The summed E-state index contributed by atoms with van der Waals surface area (Å²) in [6.07, 6.45) is 0.691. The van der Waals surface area contributed by atoms with Crippen LogP contribution >= 0.6 is 0 Å². The Bertz CT molecular complexity index is 389. The molecule has 1 N–H and O–H groups in total. The highest BCUT2D eigenvalue weighted by molar-refractivity contribution is 5.93. The Hall–Kier alpha value is -2.24. The Morgan fingerprint density at radius 3 is 2.57 bits per heavy atom. The first-order valence-electron chi connectivity index (χ1n) is 3.63. The van der Waals surface area contributed by atoms with Gasteiger partial charge in [-0.15, -0.1) is 0 Å². The van der Waals surface area contributed by atoms with Crippen LogP contribution in [0, 0.1) is 10.1 Å². The molecule has 72 valence electrons. The second kappa shape index (κ2) is 4.13. The molecular weight excluding hydrogens is 188 g/mol. The van der Waals surface area contributed by atoms with Crippen LogP contribution < -0.4 is 5.32 Å². The average Bonchev–Trinajstić information content (AvgIpc) is 2.18. The number of amides is 1. The number of rotatable bonds is 4. The summed E-state index contributed by atoms with van der Waals surface area (Å²) in [5.41, 5.74) is -0.333. The van der Waals surface area contributed by atoms with Crippen LogP contribution in [0.5, 0.6) is 0 Å². The van der Waals surface area contributed by atoms with Gasteiger partial charge in [-0.1, -0.05) is 6.07 Å². The fourth-order valence-corrected chi connectivity index (χ4v) is 1.03. The minimum absolute atomic E-state index is 0.129. The summed E-state index contributed by atoms with van der Waals surface area (Å²) in [6, 6.07) is 3.99. The third-order valence-electron chi connectivity index (χ3n) is 1.61. The number of nitro benzene ring substituents is 1. The predicted molar refractivity (Wildman–Crippen MR) is 48.2 cm³/mol. The smallest absolute Gasteiger partial charge is 0.282 e. The molecule has 0 saturated carbocycles. The Morgan fingerprint density at radius 2 is 2.07 bits per heavy atom. The van der Waals surface area contributed by atoms with E-state index >= 15 is 0 Å². The normalized spacial score (nSPS) is 9.14. The number of anilines is 1. The predicted octanol–water partition coefficient (Wildman–Crippen LogP) is 0.976. The molecule has 0 unspecified atom stereocenters. The van der Waals surface area contributed by atoms with Crippen molar-refractivity contribution in [2.75, 3.05) is 5.32 Å². The summed E-state index contributed by atoms with van der Waals surface area (Å²) in [6.45, 7) is 0. The first-order chi connectivity index (χ1) is 6.70. The molecule has 1 amide bonds. The van der Waals surface area contributed by atoms with Gasteiger partial charge in [-0.25, -0.2) is 0 Å². The van der Waals surface area contributed by atoms with Crippen molar-refractivity contribution in [3.63, 3.8) is 0 Å². The van der Waals surface area contributed by atoms with Crippen LogP contribution in [0.25, 0.3) is 0 Å². The molecular formula is C8H6N2O4. The number of nitrogens with one attached hydrogen (secondary N) is 1. The fraction of sp³-hybridized carbons (Fsp3) is 0. The van der Waals surface area contributed by atoms with E-state index in [1.807, 2.05) is 0 Å². The highest BCUT2D eigenvalue weighted by Crippen LogP contribution is 2.23. The molecule has 14 heavy (non-hydrogen) atoms. The van der Waals surface area contributed by atoms with Crippen LogP contribution in [-0.4, -0.2) is 17.6 Å². The highest BCUT2D eigenvalue weighted by atomic mass is 16.6. The lowest BCUT2D eigenvalue weighted by atomic mass is 10.1. The average molecular weight is 194 g/mol. The van der Waals surface area contributed by atoms with Gasteiger partial charge in [0.25, 0.3) is 5.69 Å². The standard InChI is InChI=1S/C8H6N2O4/c11-4-6-7(9-5-12)2-1-3-8(6)10(13)14/h1-5H,(H,9,12). The van der Waals surface area contributed by atoms with Crippen molar-refractivity contribution >= 4 is 24.1 Å². The van der Waals surface area contributed by atoms with Gasteiger partial charge < -0.3 is 5.32 Å². The molecule has 0 aliphatic carbocycles. The summed E-state index contributed by atoms with van der Waals surface area (Å²) < 4.78 is 0. The van der Waals surface area contributed by atoms with Gasteiger partial charge in [0.05, 0.1) is 10.6 Å². The van der Waals surface area contributed by atoms with Crippen molar-refractivity contribution in [3.8, 4) is 0 Å². The van der Waals surface area contributed by atoms with Gasteiger partial charge in [0.2, 0.25) is 6.41 Å². The van der Waals surface area contributed by atoms with Gasteiger partial charge in [-0.05, 0) is 6.07 Å². The maximum Gasteiger partial charge on any atom is 0.282 e. The molecule has 1 aromatic carbocycles. The molecule has 0 aromatic heterocycles. The third kappa shape index (κ3) is 1.74. The van der Waals surface area contributed by atoms with Crippen molar-refractivity contribution in [2.24, 2.45) is 0 Å². The lowest BCUT2D eigenvalue weighted by molar-refractivity contribution is -0.385. The minimum atomic E-state index is -0.681. The summed E-state index contributed by atoms with van der Waals surface area (Å²) >= 11 is 0. The molecule has 6 nitrogen and oxygen atoms in total. The van der Waals surface area contributed by atoms with Crippen molar-refractivity contribution in [1.29, 1.82) is 0 Å². The largest absolute Gasteiger partial charge is 0.328 e. The van der Waals surface area contributed by atoms with Crippen molar-refractivity contribution in [1.82, 2.24) is 0 Å². The first kappa shape index (κ1) is 9.85. The van der Waals surface area contributed by atoms with E-state index in [2.05, 4.69) is 5.32 Å². The molecule has 0 aliphatic rings. The molecule has 0 aliphatic heterocycles. The monoisotopic (exact) mass is 194 g/mol. The van der Waals surface area contributed by atoms with E-state index in [4.69, 9.17) is 0 Å². The second-order valence-corrected chi connectivity index (χ2v) is 2.38. The summed E-state index contributed by atoms with van der Waals surface area (Å²) in [5.74, 6) is 0. The van der Waals surface area contributed by atoms with Crippen LogP contribution in [0.4, 0.5) is 11.4 Å². The van der Waals surface area contributed by atoms with Crippen LogP contribution in [0.1, 0.15) is 10.4 Å². The number of aldehydes is 1. The lowest BCUT2D eigenvalue weighted by Gasteiger charge is -2.02. The van der Waals surface area contributed by atoms with E-state index in [1.54, 1.807) is 0 Å². The molecule has 0 saturated heterocycles. The zero-order valence-corrected chi connectivity index (χ0v) is 6.97. The number of hydrogen-bond donors (Lipinski definition) is 1. The lowest BCUT2D eigenvalue weighted by Crippen LogP contribution is -2.01. The van der Waals surface area contributed by atoms with Crippen molar-refractivity contribution < 1.29 is 14.5 Å². The molecule has 0 atom stereocenters. The zero-order chi connectivity index (χ0) is 10.6. The molecule has 6 heteroatoms. The quantitative estimate of drug-likeness (QED) is 0.439. The van der Waals surface area contributed by atoms with Crippen LogP contribution in [-0.2, 0) is 4.79 Å². The fourth-order valence-electron chi connectivity index (χ4n) is 1.03. The summed E-state index contributed by atoms with van der Waals surface area (Å²) in [5, 5.41) is 12.7. The summed E-state index contributed by atoms with van der Waals surface area (Å²) in [7, 11) is 0. The number of hydrogen-bond acceptors (Lipinski definition) is 4. The molecule has 0 heterocycles. The third-order valence-corrected chi connectivity index (χ3v) is 1.61. The van der Waals surface area contributed by atoms with Crippen molar-refractivity contribution in [2.45, 2.75) is 0 Å². The highest BCUT2D eigenvalue weighted by Gasteiger charge is 2.15. The van der Waals surface area contributed by atoms with Crippen LogP contribution in [0.3, 0.4) is 0 Å². The van der Waals surface area contributed by atoms with Gasteiger partial charge in [0, 0.05) is 6.07 Å². The molecule has 0 bridgehead atoms. The molecule has 0 spiro atoms. The van der Waals surface area contributed by atoms with Gasteiger partial charge >= 0.3 is 0 Å². The number of nitro groups is 1. The first-order valence-corrected chi connectivity index (χ1v) is 3.63. The van der Waals surface area contributed by atoms with E-state index < -0.39 is 4.92 Å². The molecule has 1 rings (SSSR count). The number of nitrogens with zero attached hydrogens (tertiary/aromatic N) is 1. The Balaban J connectivity index is 3.31. The number of carbonyl (C=O) groups is 2. The van der Waals surface area contributed by atoms with E-state index in [1.165, 1.54) is 18.2 Å². The van der Waals surface area contributed by atoms with Gasteiger partial charge in [0.15, 0.2) is 6.29 Å². The van der Waals surface area contributed by atoms with E-state index in [-0.39, 0.29) is 16.9 Å².